The Labute approximate surface area is 166 Å². The van der Waals surface area contributed by atoms with E-state index in [1.54, 1.807) is 0 Å². The highest BCUT2D eigenvalue weighted by atomic mass is 32.2. The zero-order valence-electron chi connectivity index (χ0n) is 16.2. The van der Waals surface area contributed by atoms with Gasteiger partial charge in [-0.25, -0.2) is 21.6 Å². The lowest BCUT2D eigenvalue weighted by Gasteiger charge is -2.38. The predicted molar refractivity (Wildman–Crippen MR) is 108 cm³/mol. The Morgan fingerprint density at radius 2 is 1.75 bits per heavy atom. The van der Waals surface area contributed by atoms with Crippen molar-refractivity contribution in [2.45, 2.75) is 36.3 Å². The summed E-state index contributed by atoms with van der Waals surface area (Å²) in [5.41, 5.74) is 0.249. The standard InChI is InChI=1S/C19H27NO6S2/c1-4-17(15-5-7-16(8-6-15)27(3,23)24)28(25,26)14-11-19(2)9-12-20(13-10-19)18(21)22/h4-8,17H,1,9-14H2,2-3H3,(H,21,22). The van der Waals surface area contributed by atoms with Crippen molar-refractivity contribution in [3.8, 4) is 0 Å². The van der Waals surface area contributed by atoms with Crippen LogP contribution in [0.2, 0.25) is 0 Å². The van der Waals surface area contributed by atoms with E-state index in [-0.39, 0.29) is 16.1 Å². The van der Waals surface area contributed by atoms with Crippen molar-refractivity contribution in [2.24, 2.45) is 5.41 Å². The number of sulfone groups is 2. The Kier molecular flexibility index (Phi) is 6.60. The van der Waals surface area contributed by atoms with Crippen LogP contribution in [0.5, 0.6) is 0 Å². The highest BCUT2D eigenvalue weighted by Gasteiger charge is 2.34. The summed E-state index contributed by atoms with van der Waals surface area (Å²) in [6.07, 6.45) is 3.20. The van der Waals surface area contributed by atoms with Crippen LogP contribution in [-0.4, -0.2) is 58.0 Å². The molecule has 0 spiro atoms. The van der Waals surface area contributed by atoms with Crippen molar-refractivity contribution in [3.05, 3.63) is 42.5 Å². The van der Waals surface area contributed by atoms with Crippen LogP contribution in [0.15, 0.2) is 41.8 Å². The van der Waals surface area contributed by atoms with Gasteiger partial charge in [-0.3, -0.25) is 0 Å². The third-order valence-electron chi connectivity index (χ3n) is 5.47. The Bertz CT molecular complexity index is 927. The minimum atomic E-state index is -3.54. The minimum absolute atomic E-state index is 0.0406. The third-order valence-corrected chi connectivity index (χ3v) is 8.61. The molecule has 0 bridgehead atoms. The predicted octanol–water partition coefficient (Wildman–Crippen LogP) is 2.90. The lowest BCUT2D eigenvalue weighted by atomic mass is 9.78. The molecular weight excluding hydrogens is 402 g/mol. The molecule has 28 heavy (non-hydrogen) atoms. The molecule has 9 heteroatoms. The van der Waals surface area contributed by atoms with Gasteiger partial charge in [-0.15, -0.1) is 6.58 Å². The SMILES string of the molecule is C=CC(c1ccc(S(C)(=O)=O)cc1)S(=O)(=O)CCC1(C)CCN(C(=O)O)CC1. The number of rotatable bonds is 7. The summed E-state index contributed by atoms with van der Waals surface area (Å²) < 4.78 is 49.0. The molecule has 1 unspecified atom stereocenters. The maximum Gasteiger partial charge on any atom is 0.407 e. The van der Waals surface area contributed by atoms with Crippen LogP contribution in [0.4, 0.5) is 4.79 Å². The lowest BCUT2D eigenvalue weighted by molar-refractivity contribution is 0.0959. The van der Waals surface area contributed by atoms with E-state index in [9.17, 15) is 21.6 Å². The molecule has 1 aliphatic rings. The van der Waals surface area contributed by atoms with Gasteiger partial charge < -0.3 is 10.0 Å². The molecule has 1 N–H and O–H groups in total. The highest BCUT2D eigenvalue weighted by Crippen LogP contribution is 2.36. The summed E-state index contributed by atoms with van der Waals surface area (Å²) in [4.78, 5) is 12.5. The van der Waals surface area contributed by atoms with Crippen molar-refractivity contribution >= 4 is 25.8 Å². The van der Waals surface area contributed by atoms with Crippen LogP contribution in [0.1, 0.15) is 37.0 Å². The van der Waals surface area contributed by atoms with Gasteiger partial charge in [-0.2, -0.15) is 0 Å². The van der Waals surface area contributed by atoms with Crippen LogP contribution >= 0.6 is 0 Å². The van der Waals surface area contributed by atoms with Gasteiger partial charge in [0, 0.05) is 19.3 Å². The maximum absolute atomic E-state index is 12.9. The number of hydrogen-bond acceptors (Lipinski definition) is 5. The number of piperidine rings is 1. The van der Waals surface area contributed by atoms with E-state index in [1.165, 1.54) is 35.2 Å². The molecule has 1 fully saturated rings. The molecule has 0 aliphatic carbocycles. The van der Waals surface area contributed by atoms with Gasteiger partial charge in [0.05, 0.1) is 10.6 Å². The minimum Gasteiger partial charge on any atom is -0.465 e. The van der Waals surface area contributed by atoms with Crippen molar-refractivity contribution < 1.29 is 26.7 Å². The average Bonchev–Trinajstić information content (AvgIpc) is 2.61. The molecule has 1 aromatic rings. The first-order chi connectivity index (χ1) is 12.9. The molecule has 1 amide bonds. The van der Waals surface area contributed by atoms with Crippen molar-refractivity contribution in [1.29, 1.82) is 0 Å². The fourth-order valence-electron chi connectivity index (χ4n) is 3.40. The van der Waals surface area contributed by atoms with Gasteiger partial charge in [0.25, 0.3) is 0 Å². The van der Waals surface area contributed by atoms with E-state index in [1.807, 2.05) is 6.92 Å². The number of likely N-dealkylation sites (tertiary alicyclic amines) is 1. The van der Waals surface area contributed by atoms with E-state index >= 15 is 0 Å². The zero-order chi connectivity index (χ0) is 21.2. The van der Waals surface area contributed by atoms with Crippen molar-refractivity contribution in [3.63, 3.8) is 0 Å². The second-order valence-corrected chi connectivity index (χ2v) is 12.0. The quantitative estimate of drug-likeness (QED) is 0.668. The monoisotopic (exact) mass is 429 g/mol. The van der Waals surface area contributed by atoms with E-state index < -0.39 is 31.0 Å². The Balaban J connectivity index is 2.10. The summed E-state index contributed by atoms with van der Waals surface area (Å²) in [5.74, 6) is -0.0406. The fraction of sp³-hybridized carbons (Fsp3) is 0.526. The molecule has 1 aliphatic heterocycles. The van der Waals surface area contributed by atoms with Gasteiger partial charge in [0.15, 0.2) is 19.7 Å². The van der Waals surface area contributed by atoms with Gasteiger partial charge in [-0.05, 0) is 42.4 Å². The van der Waals surface area contributed by atoms with Crippen LogP contribution in [0, 0.1) is 5.41 Å². The smallest absolute Gasteiger partial charge is 0.407 e. The van der Waals surface area contributed by atoms with Gasteiger partial charge in [-0.1, -0.05) is 25.1 Å². The van der Waals surface area contributed by atoms with Crippen LogP contribution in [-0.2, 0) is 19.7 Å². The number of amides is 1. The van der Waals surface area contributed by atoms with E-state index in [0.29, 0.717) is 37.9 Å². The summed E-state index contributed by atoms with van der Waals surface area (Å²) in [5, 5.41) is 8.14. The Morgan fingerprint density at radius 1 is 1.21 bits per heavy atom. The molecule has 156 valence electrons. The second-order valence-electron chi connectivity index (χ2n) is 7.69. The van der Waals surface area contributed by atoms with Gasteiger partial charge >= 0.3 is 6.09 Å². The summed E-state index contributed by atoms with van der Waals surface area (Å²) in [7, 11) is -6.89. The first-order valence-corrected chi connectivity index (χ1v) is 12.6. The number of carbonyl (C=O) groups is 1. The van der Waals surface area contributed by atoms with E-state index in [0.717, 1.165) is 6.26 Å². The first-order valence-electron chi connectivity index (χ1n) is 9.00. The first kappa shape index (κ1) is 22.4. The molecule has 1 aromatic carbocycles. The van der Waals surface area contributed by atoms with Gasteiger partial charge in [0.2, 0.25) is 0 Å². The average molecular weight is 430 g/mol. The summed E-state index contributed by atoms with van der Waals surface area (Å²) in [6.45, 7) is 6.45. The molecule has 1 saturated heterocycles. The van der Waals surface area contributed by atoms with Crippen LogP contribution < -0.4 is 0 Å². The fourth-order valence-corrected chi connectivity index (χ4v) is 5.92. The second kappa shape index (κ2) is 8.24. The number of carboxylic acid groups (broad SMARTS) is 1. The molecular formula is C19H27NO6S2. The third kappa shape index (κ3) is 5.35. The van der Waals surface area contributed by atoms with Crippen LogP contribution in [0.25, 0.3) is 0 Å². The molecule has 1 heterocycles. The topological polar surface area (TPSA) is 109 Å². The van der Waals surface area contributed by atoms with Crippen LogP contribution in [0.3, 0.4) is 0 Å². The number of hydrogen-bond donors (Lipinski definition) is 1. The van der Waals surface area contributed by atoms with E-state index in [4.69, 9.17) is 5.11 Å². The van der Waals surface area contributed by atoms with Gasteiger partial charge in [0.1, 0.15) is 5.25 Å². The largest absolute Gasteiger partial charge is 0.465 e. The molecule has 7 nitrogen and oxygen atoms in total. The number of benzene rings is 1. The van der Waals surface area contributed by atoms with Crippen molar-refractivity contribution in [2.75, 3.05) is 25.1 Å². The molecule has 1 atom stereocenters. The Morgan fingerprint density at radius 3 is 2.18 bits per heavy atom. The molecule has 0 saturated carbocycles. The highest BCUT2D eigenvalue weighted by molar-refractivity contribution is 7.91. The Hall–Kier alpha value is -1.87. The maximum atomic E-state index is 12.9. The lowest BCUT2D eigenvalue weighted by Crippen LogP contribution is -2.42. The van der Waals surface area contributed by atoms with E-state index in [2.05, 4.69) is 6.58 Å². The molecule has 0 aromatic heterocycles. The number of nitrogens with zero attached hydrogens (tertiary/aromatic N) is 1. The van der Waals surface area contributed by atoms with Crippen molar-refractivity contribution in [1.82, 2.24) is 4.90 Å². The zero-order valence-corrected chi connectivity index (χ0v) is 17.8. The summed E-state index contributed by atoms with van der Waals surface area (Å²) in [6, 6.07) is 5.82. The normalized spacial score (nSPS) is 18.4. The summed E-state index contributed by atoms with van der Waals surface area (Å²) >= 11 is 0. The molecule has 2 rings (SSSR count). The molecule has 0 radical (unpaired) electrons.